The molecule has 1 saturated heterocycles. The molecule has 3 aromatic rings. The van der Waals surface area contributed by atoms with E-state index in [1.807, 2.05) is 42.5 Å². The standard InChI is InChI=1S/C22H20F3N3O/c23-22(24,25)16-8-3-5-14(11-16)13-26-21(29)20-12-19(27-28-20)18-10-4-7-15-6-1-2-9-17(15)18/h1-11,19-20,27-28H,12-13H2,(H,26,29). The van der Waals surface area contributed by atoms with E-state index >= 15 is 0 Å². The van der Waals surface area contributed by atoms with Crippen LogP contribution in [0, 0.1) is 0 Å². The molecule has 3 N–H and O–H groups in total. The Morgan fingerprint density at radius 3 is 2.59 bits per heavy atom. The largest absolute Gasteiger partial charge is 0.416 e. The van der Waals surface area contributed by atoms with E-state index in [4.69, 9.17) is 0 Å². The molecule has 1 heterocycles. The van der Waals surface area contributed by atoms with Crippen molar-refractivity contribution in [2.24, 2.45) is 0 Å². The summed E-state index contributed by atoms with van der Waals surface area (Å²) < 4.78 is 38.5. The lowest BCUT2D eigenvalue weighted by Gasteiger charge is -2.13. The van der Waals surface area contributed by atoms with Gasteiger partial charge in [0, 0.05) is 12.6 Å². The minimum atomic E-state index is -4.40. The number of hydrazine groups is 1. The second-order valence-electron chi connectivity index (χ2n) is 7.11. The Labute approximate surface area is 166 Å². The molecule has 1 aliphatic heterocycles. The number of carbonyl (C=O) groups is 1. The van der Waals surface area contributed by atoms with Crippen molar-refractivity contribution in [3.63, 3.8) is 0 Å². The number of halogens is 3. The van der Waals surface area contributed by atoms with Crippen molar-refractivity contribution in [2.45, 2.75) is 31.2 Å². The van der Waals surface area contributed by atoms with Crippen LogP contribution in [0.3, 0.4) is 0 Å². The number of alkyl halides is 3. The minimum Gasteiger partial charge on any atom is -0.351 e. The van der Waals surface area contributed by atoms with Crippen molar-refractivity contribution in [3.05, 3.63) is 83.4 Å². The van der Waals surface area contributed by atoms with Gasteiger partial charge in [-0.25, -0.2) is 10.9 Å². The first-order valence-corrected chi connectivity index (χ1v) is 9.34. The molecule has 1 fully saturated rings. The zero-order chi connectivity index (χ0) is 20.4. The molecule has 2 unspecified atom stereocenters. The normalized spacial score (nSPS) is 19.4. The SMILES string of the molecule is O=C(NCc1cccc(C(F)(F)F)c1)C1CC(c2cccc3ccccc23)NN1. The van der Waals surface area contributed by atoms with Gasteiger partial charge in [0.2, 0.25) is 5.91 Å². The van der Waals surface area contributed by atoms with Crippen molar-refractivity contribution in [3.8, 4) is 0 Å². The molecule has 1 aliphatic rings. The van der Waals surface area contributed by atoms with Gasteiger partial charge in [-0.2, -0.15) is 13.2 Å². The van der Waals surface area contributed by atoms with Crippen LogP contribution in [0.15, 0.2) is 66.7 Å². The monoisotopic (exact) mass is 399 g/mol. The summed E-state index contributed by atoms with van der Waals surface area (Å²) >= 11 is 0. The molecule has 0 radical (unpaired) electrons. The van der Waals surface area contributed by atoms with Crippen LogP contribution in [-0.4, -0.2) is 11.9 Å². The second-order valence-corrected chi connectivity index (χ2v) is 7.11. The van der Waals surface area contributed by atoms with Crippen molar-refractivity contribution in [2.75, 3.05) is 0 Å². The summed E-state index contributed by atoms with van der Waals surface area (Å²) in [6.07, 6.45) is -3.86. The van der Waals surface area contributed by atoms with Gasteiger partial charge >= 0.3 is 6.18 Å². The summed E-state index contributed by atoms with van der Waals surface area (Å²) in [6.45, 7) is 0.0415. The van der Waals surface area contributed by atoms with Gasteiger partial charge in [-0.1, -0.05) is 54.6 Å². The fourth-order valence-electron chi connectivity index (χ4n) is 3.66. The fourth-order valence-corrected chi connectivity index (χ4v) is 3.66. The van der Waals surface area contributed by atoms with Gasteiger partial charge in [0.25, 0.3) is 0 Å². The average Bonchev–Trinajstić information content (AvgIpc) is 3.21. The fraction of sp³-hybridized carbons (Fsp3) is 0.227. The van der Waals surface area contributed by atoms with E-state index < -0.39 is 17.8 Å². The van der Waals surface area contributed by atoms with Gasteiger partial charge in [0.15, 0.2) is 0 Å². The topological polar surface area (TPSA) is 53.2 Å². The van der Waals surface area contributed by atoms with E-state index in [2.05, 4.69) is 16.2 Å². The molecule has 0 spiro atoms. The number of nitrogens with one attached hydrogen (secondary N) is 3. The molecule has 4 rings (SSSR count). The van der Waals surface area contributed by atoms with Crippen molar-refractivity contribution in [1.82, 2.24) is 16.2 Å². The van der Waals surface area contributed by atoms with Crippen molar-refractivity contribution >= 4 is 16.7 Å². The second kappa shape index (κ2) is 7.85. The van der Waals surface area contributed by atoms with Crippen molar-refractivity contribution < 1.29 is 18.0 Å². The third kappa shape index (κ3) is 4.26. The van der Waals surface area contributed by atoms with Crippen LogP contribution >= 0.6 is 0 Å². The lowest BCUT2D eigenvalue weighted by atomic mass is 9.96. The molecular weight excluding hydrogens is 379 g/mol. The van der Waals surface area contributed by atoms with Crippen LogP contribution in [0.1, 0.15) is 29.2 Å². The predicted molar refractivity (Wildman–Crippen MR) is 105 cm³/mol. The predicted octanol–water partition coefficient (Wildman–Crippen LogP) is 4.08. The Kier molecular flexibility index (Phi) is 5.25. The maximum atomic E-state index is 12.8. The molecule has 0 aliphatic carbocycles. The lowest BCUT2D eigenvalue weighted by molar-refractivity contribution is -0.137. The highest BCUT2D eigenvalue weighted by Crippen LogP contribution is 2.30. The first-order chi connectivity index (χ1) is 13.9. The van der Waals surface area contributed by atoms with E-state index in [1.54, 1.807) is 6.07 Å². The highest BCUT2D eigenvalue weighted by Gasteiger charge is 2.32. The van der Waals surface area contributed by atoms with Crippen LogP contribution < -0.4 is 16.2 Å². The van der Waals surface area contributed by atoms with E-state index in [9.17, 15) is 18.0 Å². The number of carbonyl (C=O) groups excluding carboxylic acids is 1. The highest BCUT2D eigenvalue weighted by molar-refractivity contribution is 5.86. The molecular formula is C22H20F3N3O. The third-order valence-corrected chi connectivity index (χ3v) is 5.14. The first kappa shape index (κ1) is 19.4. The van der Waals surface area contributed by atoms with Gasteiger partial charge in [-0.3, -0.25) is 4.79 Å². The number of benzene rings is 3. The number of fused-ring (bicyclic) bond motifs is 1. The molecule has 4 nitrogen and oxygen atoms in total. The summed E-state index contributed by atoms with van der Waals surface area (Å²) in [5.74, 6) is -0.252. The highest BCUT2D eigenvalue weighted by atomic mass is 19.4. The smallest absolute Gasteiger partial charge is 0.351 e. The van der Waals surface area contributed by atoms with Gasteiger partial charge < -0.3 is 5.32 Å². The molecule has 2 atom stereocenters. The van der Waals surface area contributed by atoms with Gasteiger partial charge in [0.05, 0.1) is 5.56 Å². The first-order valence-electron chi connectivity index (χ1n) is 9.34. The van der Waals surface area contributed by atoms with Crippen LogP contribution in [0.5, 0.6) is 0 Å². The summed E-state index contributed by atoms with van der Waals surface area (Å²) in [7, 11) is 0. The zero-order valence-electron chi connectivity index (χ0n) is 15.5. The van der Waals surface area contributed by atoms with E-state index in [0.717, 1.165) is 28.5 Å². The van der Waals surface area contributed by atoms with Crippen LogP contribution in [0.25, 0.3) is 10.8 Å². The average molecular weight is 399 g/mol. The number of amides is 1. The summed E-state index contributed by atoms with van der Waals surface area (Å²) in [6, 6.07) is 18.6. The Balaban J connectivity index is 1.40. The van der Waals surface area contributed by atoms with Gasteiger partial charge in [0.1, 0.15) is 6.04 Å². The van der Waals surface area contributed by atoms with Gasteiger partial charge in [-0.05, 0) is 40.5 Å². The summed E-state index contributed by atoms with van der Waals surface area (Å²) in [5, 5.41) is 4.97. The molecule has 1 amide bonds. The third-order valence-electron chi connectivity index (χ3n) is 5.14. The molecule has 0 saturated carbocycles. The molecule has 7 heteroatoms. The molecule has 0 aromatic heterocycles. The number of rotatable bonds is 4. The maximum absolute atomic E-state index is 12.8. The number of hydrogen-bond acceptors (Lipinski definition) is 3. The quantitative estimate of drug-likeness (QED) is 0.620. The minimum absolute atomic E-state index is 0.0367. The molecule has 29 heavy (non-hydrogen) atoms. The summed E-state index contributed by atoms with van der Waals surface area (Å²) in [4.78, 5) is 12.5. The van der Waals surface area contributed by atoms with Gasteiger partial charge in [-0.15, -0.1) is 0 Å². The number of hydrogen-bond donors (Lipinski definition) is 3. The Morgan fingerprint density at radius 2 is 1.76 bits per heavy atom. The maximum Gasteiger partial charge on any atom is 0.416 e. The van der Waals surface area contributed by atoms with E-state index in [0.29, 0.717) is 12.0 Å². The zero-order valence-corrected chi connectivity index (χ0v) is 15.5. The molecule has 3 aromatic carbocycles. The Morgan fingerprint density at radius 1 is 1.00 bits per heavy atom. The molecule has 0 bridgehead atoms. The van der Waals surface area contributed by atoms with E-state index in [-0.39, 0.29) is 18.5 Å². The van der Waals surface area contributed by atoms with E-state index in [1.165, 1.54) is 6.07 Å². The van der Waals surface area contributed by atoms with Crippen molar-refractivity contribution in [1.29, 1.82) is 0 Å². The van der Waals surface area contributed by atoms with Crippen LogP contribution in [0.2, 0.25) is 0 Å². The lowest BCUT2D eigenvalue weighted by Crippen LogP contribution is -2.42. The van der Waals surface area contributed by atoms with Crippen LogP contribution in [-0.2, 0) is 17.5 Å². The Bertz CT molecular complexity index is 1030. The summed E-state index contributed by atoms with van der Waals surface area (Å²) in [5.41, 5.74) is 6.95. The van der Waals surface area contributed by atoms with Crippen LogP contribution in [0.4, 0.5) is 13.2 Å². The Hall–Kier alpha value is -2.90. The molecule has 150 valence electrons.